The van der Waals surface area contributed by atoms with Crippen LogP contribution in [0.4, 0.5) is 0 Å². The Labute approximate surface area is 194 Å². The molecule has 0 fully saturated rings. The molecule has 0 aliphatic carbocycles. The maximum Gasteiger partial charge on any atom is 0.253 e. The van der Waals surface area contributed by atoms with E-state index in [1.54, 1.807) is 4.73 Å². The van der Waals surface area contributed by atoms with E-state index in [9.17, 15) is 9.59 Å². The number of carbonyl (C=O) groups excluding carboxylic acids is 1. The Kier molecular flexibility index (Phi) is 8.08. The van der Waals surface area contributed by atoms with Crippen molar-refractivity contribution < 1.29 is 9.63 Å². The monoisotopic (exact) mass is 445 g/mol. The molecule has 1 aromatic carbocycles. The molecule has 3 rings (SSSR count). The van der Waals surface area contributed by atoms with Gasteiger partial charge in [0.1, 0.15) is 6.61 Å². The molecule has 2 aromatic heterocycles. The lowest BCUT2D eigenvalue weighted by Gasteiger charge is -2.13. The molecule has 0 saturated carbocycles. The Balaban J connectivity index is 1.82. The lowest BCUT2D eigenvalue weighted by atomic mass is 10.0. The molecule has 0 unspecified atom stereocenters. The summed E-state index contributed by atoms with van der Waals surface area (Å²) in [5.41, 5.74) is 5.23. The third-order valence-corrected chi connectivity index (χ3v) is 5.35. The van der Waals surface area contributed by atoms with Crippen molar-refractivity contribution >= 4 is 12.0 Å². The summed E-state index contributed by atoms with van der Waals surface area (Å²) in [6.45, 7) is 8.22. The Hall–Kier alpha value is -3.80. The minimum absolute atomic E-state index is 0.155. The SMILES string of the molecule is CC/C=C(C)/C(=C\c1cccn1OCc1ccccc1)C(=O)NCc1c(C)cc(C)[nH]c1=O. The standard InChI is InChI=1S/C27H31N3O3/c1-5-10-19(2)24(26(31)28-17-25-20(3)15-21(4)29-27(25)32)16-23-13-9-14-30(23)33-18-22-11-7-6-8-12-22/h6-16H,5,17-18H2,1-4H3,(H,28,31)(H,29,32)/b19-10+,24-16+. The number of hydrogen-bond acceptors (Lipinski definition) is 3. The van der Waals surface area contributed by atoms with Gasteiger partial charge >= 0.3 is 0 Å². The number of aryl methyl sites for hydroxylation is 2. The minimum Gasteiger partial charge on any atom is -0.409 e. The molecule has 0 atom stereocenters. The third-order valence-electron chi connectivity index (χ3n) is 5.35. The van der Waals surface area contributed by atoms with E-state index in [1.165, 1.54) is 0 Å². The first-order chi connectivity index (χ1) is 15.9. The molecule has 3 aromatic rings. The number of aromatic nitrogens is 2. The summed E-state index contributed by atoms with van der Waals surface area (Å²) in [7, 11) is 0. The summed E-state index contributed by atoms with van der Waals surface area (Å²) in [6, 6.07) is 15.6. The number of allylic oxidation sites excluding steroid dienone is 1. The van der Waals surface area contributed by atoms with Crippen LogP contribution in [0.15, 0.2) is 76.7 Å². The maximum atomic E-state index is 13.2. The summed E-state index contributed by atoms with van der Waals surface area (Å²) < 4.78 is 1.66. The van der Waals surface area contributed by atoms with Crippen LogP contribution in [0, 0.1) is 13.8 Å². The summed E-state index contributed by atoms with van der Waals surface area (Å²) in [4.78, 5) is 34.2. The molecular formula is C27H31N3O3. The minimum atomic E-state index is -0.243. The van der Waals surface area contributed by atoms with Crippen molar-refractivity contribution in [1.82, 2.24) is 15.0 Å². The lowest BCUT2D eigenvalue weighted by Crippen LogP contribution is -2.29. The first-order valence-corrected chi connectivity index (χ1v) is 11.1. The number of carbonyl (C=O) groups is 1. The molecule has 0 aliphatic rings. The van der Waals surface area contributed by atoms with Gasteiger partial charge in [-0.1, -0.05) is 43.3 Å². The van der Waals surface area contributed by atoms with E-state index in [2.05, 4.69) is 10.3 Å². The predicted molar refractivity (Wildman–Crippen MR) is 132 cm³/mol. The van der Waals surface area contributed by atoms with E-state index >= 15 is 0 Å². The molecule has 0 bridgehead atoms. The van der Waals surface area contributed by atoms with Gasteiger partial charge in [-0.05, 0) is 68.2 Å². The van der Waals surface area contributed by atoms with E-state index in [0.717, 1.165) is 34.5 Å². The van der Waals surface area contributed by atoms with Crippen LogP contribution in [0.3, 0.4) is 0 Å². The van der Waals surface area contributed by atoms with Gasteiger partial charge in [0.2, 0.25) is 0 Å². The number of amides is 1. The Bertz CT molecular complexity index is 1220. The first kappa shape index (κ1) is 23.9. The number of aromatic amines is 1. The van der Waals surface area contributed by atoms with Crippen molar-refractivity contribution in [2.24, 2.45) is 0 Å². The van der Waals surface area contributed by atoms with Crippen LogP contribution in [0.25, 0.3) is 6.08 Å². The maximum absolute atomic E-state index is 13.2. The van der Waals surface area contributed by atoms with Gasteiger partial charge in [-0.2, -0.15) is 4.73 Å². The van der Waals surface area contributed by atoms with Crippen molar-refractivity contribution in [3.8, 4) is 0 Å². The number of pyridine rings is 1. The molecule has 33 heavy (non-hydrogen) atoms. The molecule has 6 nitrogen and oxygen atoms in total. The smallest absolute Gasteiger partial charge is 0.253 e. The van der Waals surface area contributed by atoms with Gasteiger partial charge in [-0.25, -0.2) is 0 Å². The quantitative estimate of drug-likeness (QED) is 0.377. The summed E-state index contributed by atoms with van der Waals surface area (Å²) in [5, 5.41) is 2.91. The summed E-state index contributed by atoms with van der Waals surface area (Å²) >= 11 is 0. The third kappa shape index (κ3) is 6.35. The van der Waals surface area contributed by atoms with Gasteiger partial charge < -0.3 is 15.1 Å². The molecule has 1 amide bonds. The molecule has 0 spiro atoms. The highest BCUT2D eigenvalue weighted by Gasteiger charge is 2.15. The summed E-state index contributed by atoms with van der Waals surface area (Å²) in [6.07, 6.45) is 6.44. The molecule has 0 saturated heterocycles. The number of nitrogens with one attached hydrogen (secondary N) is 2. The second-order valence-electron chi connectivity index (χ2n) is 8.00. The van der Waals surface area contributed by atoms with Crippen LogP contribution in [0.5, 0.6) is 0 Å². The number of H-pyrrole nitrogens is 1. The van der Waals surface area contributed by atoms with Gasteiger partial charge in [0.15, 0.2) is 0 Å². The Morgan fingerprint density at radius 3 is 2.61 bits per heavy atom. The zero-order chi connectivity index (χ0) is 23.8. The molecular weight excluding hydrogens is 414 g/mol. The second-order valence-corrected chi connectivity index (χ2v) is 8.00. The van der Waals surface area contributed by atoms with Crippen molar-refractivity contribution in [2.75, 3.05) is 0 Å². The van der Waals surface area contributed by atoms with E-state index < -0.39 is 0 Å². The molecule has 6 heteroatoms. The molecule has 2 N–H and O–H groups in total. The van der Waals surface area contributed by atoms with Crippen LogP contribution in [-0.2, 0) is 17.9 Å². The highest BCUT2D eigenvalue weighted by molar-refractivity contribution is 6.01. The first-order valence-electron chi connectivity index (χ1n) is 11.1. The fourth-order valence-corrected chi connectivity index (χ4v) is 3.61. The van der Waals surface area contributed by atoms with E-state index in [-0.39, 0.29) is 18.0 Å². The van der Waals surface area contributed by atoms with Crippen LogP contribution in [0.1, 0.15) is 48.3 Å². The molecule has 0 aliphatic heterocycles. The zero-order valence-electron chi connectivity index (χ0n) is 19.6. The second kappa shape index (κ2) is 11.2. The number of nitrogens with zero attached hydrogens (tertiary/aromatic N) is 1. The topological polar surface area (TPSA) is 76.1 Å². The van der Waals surface area contributed by atoms with Crippen LogP contribution in [0.2, 0.25) is 0 Å². The van der Waals surface area contributed by atoms with E-state index in [4.69, 9.17) is 4.84 Å². The van der Waals surface area contributed by atoms with Gasteiger partial charge in [0.25, 0.3) is 11.5 Å². The summed E-state index contributed by atoms with van der Waals surface area (Å²) in [5.74, 6) is -0.243. The van der Waals surface area contributed by atoms with Crippen LogP contribution < -0.4 is 15.7 Å². The van der Waals surface area contributed by atoms with Crippen molar-refractivity contribution in [3.05, 3.63) is 110 Å². The number of rotatable bonds is 9. The lowest BCUT2D eigenvalue weighted by molar-refractivity contribution is -0.117. The van der Waals surface area contributed by atoms with Crippen LogP contribution in [-0.4, -0.2) is 15.6 Å². The average molecular weight is 446 g/mol. The van der Waals surface area contributed by atoms with Crippen molar-refractivity contribution in [1.29, 1.82) is 0 Å². The normalized spacial score (nSPS) is 12.0. The average Bonchev–Trinajstić information content (AvgIpc) is 3.23. The van der Waals surface area contributed by atoms with Crippen molar-refractivity contribution in [2.45, 2.75) is 47.3 Å². The van der Waals surface area contributed by atoms with Gasteiger partial charge in [0, 0.05) is 29.6 Å². The predicted octanol–water partition coefficient (Wildman–Crippen LogP) is 4.48. The number of benzene rings is 1. The van der Waals surface area contributed by atoms with Crippen molar-refractivity contribution in [3.63, 3.8) is 0 Å². The van der Waals surface area contributed by atoms with E-state index in [1.807, 2.05) is 94.6 Å². The zero-order valence-corrected chi connectivity index (χ0v) is 19.6. The molecule has 0 radical (unpaired) electrons. The Morgan fingerprint density at radius 1 is 1.15 bits per heavy atom. The van der Waals surface area contributed by atoms with Gasteiger partial charge in [0.05, 0.1) is 5.69 Å². The largest absolute Gasteiger partial charge is 0.409 e. The number of hydrogen-bond donors (Lipinski definition) is 2. The highest BCUT2D eigenvalue weighted by atomic mass is 16.7. The molecule has 2 heterocycles. The fourth-order valence-electron chi connectivity index (χ4n) is 3.61. The molecule has 172 valence electrons. The fraction of sp³-hybridized carbons (Fsp3) is 0.259. The van der Waals surface area contributed by atoms with Gasteiger partial charge in [-0.3, -0.25) is 9.59 Å². The van der Waals surface area contributed by atoms with E-state index in [0.29, 0.717) is 17.7 Å². The van der Waals surface area contributed by atoms with Crippen LogP contribution >= 0.6 is 0 Å². The highest BCUT2D eigenvalue weighted by Crippen LogP contribution is 2.17. The Morgan fingerprint density at radius 2 is 1.91 bits per heavy atom. The van der Waals surface area contributed by atoms with Gasteiger partial charge in [-0.15, -0.1) is 0 Å².